The Labute approximate surface area is 137 Å². The van der Waals surface area contributed by atoms with Crippen molar-refractivity contribution < 1.29 is 9.47 Å². The Morgan fingerprint density at radius 2 is 2.09 bits per heavy atom. The first-order valence-corrected chi connectivity index (χ1v) is 8.22. The van der Waals surface area contributed by atoms with E-state index in [0.29, 0.717) is 19.4 Å². The van der Waals surface area contributed by atoms with E-state index in [1.807, 2.05) is 12.1 Å². The summed E-state index contributed by atoms with van der Waals surface area (Å²) in [4.78, 5) is 2.31. The molecule has 1 fully saturated rings. The lowest BCUT2D eigenvalue weighted by molar-refractivity contribution is 0.174. The molecule has 0 aromatic heterocycles. The summed E-state index contributed by atoms with van der Waals surface area (Å²) in [5.74, 6) is 1.65. The highest BCUT2D eigenvalue weighted by atomic mass is 32.1. The maximum absolute atomic E-state index is 5.59. The molecule has 0 atom stereocenters. The molecule has 0 radical (unpaired) electrons. The highest BCUT2D eigenvalue weighted by Crippen LogP contribution is 2.33. The predicted molar refractivity (Wildman–Crippen MR) is 91.2 cm³/mol. The van der Waals surface area contributed by atoms with Crippen molar-refractivity contribution in [3.8, 4) is 11.5 Å². The fraction of sp³-hybridized carbons (Fsp3) is 0.471. The summed E-state index contributed by atoms with van der Waals surface area (Å²) in [5.41, 5.74) is 1.19. The molecule has 22 heavy (non-hydrogen) atoms. The lowest BCUT2D eigenvalue weighted by atomic mass is 10.1. The molecule has 0 bridgehead atoms. The minimum atomic E-state index is 0.310. The van der Waals surface area contributed by atoms with Gasteiger partial charge in [0.15, 0.2) is 16.6 Å². The summed E-state index contributed by atoms with van der Waals surface area (Å²) in [5, 5.41) is 4.07. The summed E-state index contributed by atoms with van der Waals surface area (Å²) in [6.07, 6.45) is 6.82. The van der Waals surface area contributed by atoms with Crippen LogP contribution < -0.4 is 14.8 Å². The molecule has 1 saturated carbocycles. The van der Waals surface area contributed by atoms with Gasteiger partial charge in [-0.2, -0.15) is 0 Å². The molecule has 5 heteroatoms. The Morgan fingerprint density at radius 3 is 2.86 bits per heavy atom. The molecule has 0 amide bonds. The third-order valence-electron chi connectivity index (χ3n) is 4.21. The SMILES string of the molecule is C=CCNC(=S)N(Cc1ccc2c(c1)OCO2)C1CCCC1. The Balaban J connectivity index is 1.73. The molecule has 118 valence electrons. The van der Waals surface area contributed by atoms with Crippen LogP contribution in [0.2, 0.25) is 0 Å². The van der Waals surface area contributed by atoms with Crippen molar-refractivity contribution in [2.24, 2.45) is 0 Å². The monoisotopic (exact) mass is 318 g/mol. The summed E-state index contributed by atoms with van der Waals surface area (Å²) < 4.78 is 10.8. The molecule has 1 aliphatic carbocycles. The third kappa shape index (κ3) is 3.35. The lowest BCUT2D eigenvalue weighted by Crippen LogP contribution is -2.44. The van der Waals surface area contributed by atoms with Crippen LogP contribution in [0.3, 0.4) is 0 Å². The first-order chi connectivity index (χ1) is 10.8. The average molecular weight is 318 g/mol. The van der Waals surface area contributed by atoms with E-state index in [1.54, 1.807) is 0 Å². The molecule has 1 aromatic rings. The van der Waals surface area contributed by atoms with Crippen molar-refractivity contribution in [2.75, 3.05) is 13.3 Å². The largest absolute Gasteiger partial charge is 0.454 e. The van der Waals surface area contributed by atoms with Crippen molar-refractivity contribution in [2.45, 2.75) is 38.3 Å². The summed E-state index contributed by atoms with van der Waals surface area (Å²) in [6.45, 7) is 5.55. The molecular formula is C17H22N2O2S. The second-order valence-electron chi connectivity index (χ2n) is 5.73. The fourth-order valence-corrected chi connectivity index (χ4v) is 3.38. The number of benzene rings is 1. The van der Waals surface area contributed by atoms with E-state index < -0.39 is 0 Å². The van der Waals surface area contributed by atoms with Crippen molar-refractivity contribution in [1.29, 1.82) is 0 Å². The highest BCUT2D eigenvalue weighted by molar-refractivity contribution is 7.80. The molecule has 0 saturated heterocycles. The van der Waals surface area contributed by atoms with Gasteiger partial charge in [-0.1, -0.05) is 25.0 Å². The molecule has 3 rings (SSSR count). The van der Waals surface area contributed by atoms with Gasteiger partial charge in [0.05, 0.1) is 0 Å². The third-order valence-corrected chi connectivity index (χ3v) is 4.59. The predicted octanol–water partition coefficient (Wildman–Crippen LogP) is 3.22. The van der Waals surface area contributed by atoms with Crippen molar-refractivity contribution in [3.63, 3.8) is 0 Å². The molecule has 1 aliphatic heterocycles. The maximum Gasteiger partial charge on any atom is 0.231 e. The van der Waals surface area contributed by atoms with Gasteiger partial charge in [-0.25, -0.2) is 0 Å². The molecule has 2 aliphatic rings. The molecule has 0 spiro atoms. The number of nitrogens with zero attached hydrogens (tertiary/aromatic N) is 1. The van der Waals surface area contributed by atoms with Crippen LogP contribution in [0, 0.1) is 0 Å². The number of thiocarbonyl (C=S) groups is 1. The topological polar surface area (TPSA) is 33.7 Å². The van der Waals surface area contributed by atoms with Crippen LogP contribution in [0.25, 0.3) is 0 Å². The standard InChI is InChI=1S/C17H22N2O2S/c1-2-9-18-17(22)19(14-5-3-4-6-14)11-13-7-8-15-16(10-13)21-12-20-15/h2,7-8,10,14H,1,3-6,9,11-12H2,(H,18,22). The quantitative estimate of drug-likeness (QED) is 0.666. The number of rotatable bonds is 5. The zero-order chi connectivity index (χ0) is 15.4. The zero-order valence-corrected chi connectivity index (χ0v) is 13.5. The van der Waals surface area contributed by atoms with Crippen LogP contribution >= 0.6 is 12.2 Å². The number of hydrogen-bond acceptors (Lipinski definition) is 3. The van der Waals surface area contributed by atoms with E-state index in [0.717, 1.165) is 23.2 Å². The fourth-order valence-electron chi connectivity index (χ4n) is 3.08. The van der Waals surface area contributed by atoms with Gasteiger partial charge in [-0.15, -0.1) is 6.58 Å². The van der Waals surface area contributed by atoms with Crippen molar-refractivity contribution in [1.82, 2.24) is 10.2 Å². The normalized spacial score (nSPS) is 16.5. The molecule has 4 nitrogen and oxygen atoms in total. The van der Waals surface area contributed by atoms with Gasteiger partial charge < -0.3 is 19.7 Å². The van der Waals surface area contributed by atoms with E-state index in [4.69, 9.17) is 21.7 Å². The van der Waals surface area contributed by atoms with Crippen LogP contribution in [-0.4, -0.2) is 29.4 Å². The maximum atomic E-state index is 5.59. The number of ether oxygens (including phenoxy) is 2. The Kier molecular flexibility index (Phi) is 4.83. The minimum Gasteiger partial charge on any atom is -0.454 e. The Bertz CT molecular complexity index is 556. The van der Waals surface area contributed by atoms with Crippen LogP contribution in [0.5, 0.6) is 11.5 Å². The van der Waals surface area contributed by atoms with Crippen LogP contribution in [0.15, 0.2) is 30.9 Å². The molecule has 0 unspecified atom stereocenters. The Hall–Kier alpha value is -1.75. The van der Waals surface area contributed by atoms with Gasteiger partial charge in [-0.05, 0) is 42.8 Å². The van der Waals surface area contributed by atoms with Crippen molar-refractivity contribution >= 4 is 17.3 Å². The second kappa shape index (κ2) is 7.01. The van der Waals surface area contributed by atoms with E-state index in [9.17, 15) is 0 Å². The highest BCUT2D eigenvalue weighted by Gasteiger charge is 2.25. The minimum absolute atomic E-state index is 0.310. The molecule has 1 N–H and O–H groups in total. The van der Waals surface area contributed by atoms with Gasteiger partial charge in [0.25, 0.3) is 0 Å². The second-order valence-corrected chi connectivity index (χ2v) is 6.12. The zero-order valence-electron chi connectivity index (χ0n) is 12.7. The van der Waals surface area contributed by atoms with Crippen molar-refractivity contribution in [3.05, 3.63) is 36.4 Å². The summed E-state index contributed by atoms with van der Waals surface area (Å²) in [7, 11) is 0. The van der Waals surface area contributed by atoms with Gasteiger partial charge >= 0.3 is 0 Å². The van der Waals surface area contributed by atoms with Gasteiger partial charge in [0, 0.05) is 19.1 Å². The first kappa shape index (κ1) is 15.2. The number of hydrogen-bond donors (Lipinski definition) is 1. The van der Waals surface area contributed by atoms with Gasteiger partial charge in [0.2, 0.25) is 6.79 Å². The Morgan fingerprint density at radius 1 is 1.32 bits per heavy atom. The molecule has 1 heterocycles. The smallest absolute Gasteiger partial charge is 0.231 e. The van der Waals surface area contributed by atoms with E-state index in [1.165, 1.54) is 31.2 Å². The van der Waals surface area contributed by atoms with Crippen LogP contribution in [-0.2, 0) is 6.54 Å². The average Bonchev–Trinajstić information content (AvgIpc) is 3.20. The summed E-state index contributed by atoms with van der Waals surface area (Å²) in [6, 6.07) is 6.65. The molecular weight excluding hydrogens is 296 g/mol. The van der Waals surface area contributed by atoms with E-state index in [2.05, 4.69) is 28.9 Å². The number of nitrogens with one attached hydrogen (secondary N) is 1. The summed E-state index contributed by atoms with van der Waals surface area (Å²) >= 11 is 5.59. The molecule has 1 aromatic carbocycles. The van der Waals surface area contributed by atoms with Gasteiger partial charge in [-0.3, -0.25) is 0 Å². The number of fused-ring (bicyclic) bond motifs is 1. The van der Waals surface area contributed by atoms with Crippen LogP contribution in [0.1, 0.15) is 31.2 Å². The first-order valence-electron chi connectivity index (χ1n) is 7.82. The van der Waals surface area contributed by atoms with Gasteiger partial charge in [0.1, 0.15) is 0 Å². The van der Waals surface area contributed by atoms with E-state index >= 15 is 0 Å². The van der Waals surface area contributed by atoms with Crippen LogP contribution in [0.4, 0.5) is 0 Å². The lowest BCUT2D eigenvalue weighted by Gasteiger charge is -2.31. The van der Waals surface area contributed by atoms with E-state index in [-0.39, 0.29) is 0 Å².